The predicted octanol–water partition coefficient (Wildman–Crippen LogP) is 3.07. The number of hydrogen-bond donors (Lipinski definition) is 2. The fraction of sp³-hybridized carbons (Fsp3) is 0.263. The number of hydrogen-bond acceptors (Lipinski definition) is 5. The lowest BCUT2D eigenvalue weighted by Crippen LogP contribution is -2.26. The second kappa shape index (κ2) is 9.80. The quantitative estimate of drug-likeness (QED) is 0.651. The Balaban J connectivity index is 0.00000261. The van der Waals surface area contributed by atoms with Crippen LogP contribution in [0.2, 0.25) is 0 Å². The van der Waals surface area contributed by atoms with Crippen LogP contribution in [-0.2, 0) is 11.3 Å². The predicted molar refractivity (Wildman–Crippen MR) is 108 cm³/mol. The van der Waals surface area contributed by atoms with E-state index in [-0.39, 0.29) is 18.3 Å². The molecule has 8 heteroatoms. The van der Waals surface area contributed by atoms with Gasteiger partial charge in [0.2, 0.25) is 5.82 Å². The summed E-state index contributed by atoms with van der Waals surface area (Å²) in [6.07, 6.45) is 0. The van der Waals surface area contributed by atoms with Crippen molar-refractivity contribution in [2.24, 2.45) is 0 Å². The molecule has 1 unspecified atom stereocenters. The molecule has 27 heavy (non-hydrogen) atoms. The topological polar surface area (TPSA) is 84.7 Å². The number of rotatable bonds is 7. The van der Waals surface area contributed by atoms with Crippen molar-refractivity contribution in [2.45, 2.75) is 26.4 Å². The zero-order valence-corrected chi connectivity index (χ0v) is 16.1. The van der Waals surface area contributed by atoms with Crippen LogP contribution in [0.25, 0.3) is 11.4 Å². The van der Waals surface area contributed by atoms with E-state index in [1.807, 2.05) is 61.5 Å². The molecule has 1 heterocycles. The molecule has 0 aliphatic heterocycles. The van der Waals surface area contributed by atoms with Crippen LogP contribution in [0.1, 0.15) is 25.5 Å². The van der Waals surface area contributed by atoms with Crippen molar-refractivity contribution >= 4 is 24.0 Å². The van der Waals surface area contributed by atoms with Crippen LogP contribution < -0.4 is 10.6 Å². The Kier molecular flexibility index (Phi) is 7.45. The molecular weight excluding hydrogens is 364 g/mol. The van der Waals surface area contributed by atoms with Crippen LogP contribution in [0, 0.1) is 0 Å². The lowest BCUT2D eigenvalue weighted by molar-refractivity contribution is -0.119. The number of anilines is 1. The number of tetrazole rings is 1. The molecule has 0 radical (unpaired) electrons. The van der Waals surface area contributed by atoms with Gasteiger partial charge >= 0.3 is 0 Å². The molecule has 0 spiro atoms. The third kappa shape index (κ3) is 5.12. The van der Waals surface area contributed by atoms with Crippen LogP contribution in [0.5, 0.6) is 0 Å². The summed E-state index contributed by atoms with van der Waals surface area (Å²) >= 11 is 0. The molecule has 0 bridgehead atoms. The van der Waals surface area contributed by atoms with E-state index < -0.39 is 6.04 Å². The van der Waals surface area contributed by atoms with Crippen molar-refractivity contribution in [3.8, 4) is 11.4 Å². The molecule has 2 N–H and O–H groups in total. The fourth-order valence-corrected chi connectivity index (χ4v) is 2.49. The van der Waals surface area contributed by atoms with E-state index in [4.69, 9.17) is 0 Å². The highest BCUT2D eigenvalue weighted by molar-refractivity contribution is 5.94. The molecule has 1 aromatic heterocycles. The van der Waals surface area contributed by atoms with Gasteiger partial charge in [-0.15, -0.1) is 22.6 Å². The van der Waals surface area contributed by atoms with Gasteiger partial charge in [-0.2, -0.15) is 4.80 Å². The van der Waals surface area contributed by atoms with Gasteiger partial charge in [-0.25, -0.2) is 0 Å². The average molecular weight is 387 g/mol. The summed E-state index contributed by atoms with van der Waals surface area (Å²) < 4.78 is 0. The maximum atomic E-state index is 12.6. The third-order valence-corrected chi connectivity index (χ3v) is 4.03. The third-order valence-electron chi connectivity index (χ3n) is 4.03. The molecule has 0 aliphatic carbocycles. The van der Waals surface area contributed by atoms with Crippen molar-refractivity contribution in [3.05, 3.63) is 60.2 Å². The Morgan fingerprint density at radius 2 is 1.81 bits per heavy atom. The maximum absolute atomic E-state index is 12.6. The van der Waals surface area contributed by atoms with Gasteiger partial charge in [0.25, 0.3) is 5.91 Å². The molecule has 0 fully saturated rings. The van der Waals surface area contributed by atoms with E-state index in [2.05, 4.69) is 26.0 Å². The van der Waals surface area contributed by atoms with Gasteiger partial charge in [0.05, 0.1) is 0 Å². The number of halogens is 1. The van der Waals surface area contributed by atoms with Gasteiger partial charge in [0.1, 0.15) is 6.04 Å². The number of benzene rings is 2. The zero-order valence-electron chi connectivity index (χ0n) is 15.3. The van der Waals surface area contributed by atoms with Crippen molar-refractivity contribution in [3.63, 3.8) is 0 Å². The summed E-state index contributed by atoms with van der Waals surface area (Å²) in [6, 6.07) is 16.7. The number of carbonyl (C=O) groups is 1. The smallest absolute Gasteiger partial charge is 0.250 e. The highest BCUT2D eigenvalue weighted by Gasteiger charge is 2.19. The molecule has 2 aromatic carbocycles. The average Bonchev–Trinajstić information content (AvgIpc) is 3.17. The Morgan fingerprint density at radius 1 is 1.11 bits per heavy atom. The highest BCUT2D eigenvalue weighted by Crippen LogP contribution is 2.18. The monoisotopic (exact) mass is 386 g/mol. The van der Waals surface area contributed by atoms with Crippen LogP contribution >= 0.6 is 12.4 Å². The van der Waals surface area contributed by atoms with Crippen LogP contribution in [0.3, 0.4) is 0 Å². The summed E-state index contributed by atoms with van der Waals surface area (Å²) in [6.45, 7) is 5.35. The van der Waals surface area contributed by atoms with E-state index in [0.717, 1.165) is 23.4 Å². The fourth-order valence-electron chi connectivity index (χ4n) is 2.49. The van der Waals surface area contributed by atoms with Gasteiger partial charge in [-0.1, -0.05) is 55.5 Å². The summed E-state index contributed by atoms with van der Waals surface area (Å²) in [5, 5.41) is 18.6. The lowest BCUT2D eigenvalue weighted by atomic mass is 10.1. The number of amides is 1. The van der Waals surface area contributed by atoms with Crippen LogP contribution in [-0.4, -0.2) is 32.7 Å². The maximum Gasteiger partial charge on any atom is 0.250 e. The van der Waals surface area contributed by atoms with Gasteiger partial charge < -0.3 is 10.6 Å². The molecule has 0 aliphatic rings. The molecule has 1 amide bonds. The Hall–Kier alpha value is -2.77. The first-order valence-electron chi connectivity index (χ1n) is 8.63. The van der Waals surface area contributed by atoms with Crippen molar-refractivity contribution in [2.75, 3.05) is 11.9 Å². The molecule has 0 saturated carbocycles. The number of aromatic nitrogens is 4. The molecule has 3 rings (SSSR count). The first kappa shape index (κ1) is 20.5. The minimum absolute atomic E-state index is 0. The SMILES string of the molecule is CCNCc1ccccc1NC(=O)C(C)n1nnc(-c2ccccc2)n1.Cl. The molecule has 142 valence electrons. The largest absolute Gasteiger partial charge is 0.324 e. The highest BCUT2D eigenvalue weighted by atomic mass is 35.5. The Bertz CT molecular complexity index is 867. The lowest BCUT2D eigenvalue weighted by Gasteiger charge is -2.14. The van der Waals surface area contributed by atoms with Gasteiger partial charge in [-0.05, 0) is 30.3 Å². The van der Waals surface area contributed by atoms with Crippen molar-refractivity contribution in [1.82, 2.24) is 25.5 Å². The van der Waals surface area contributed by atoms with E-state index >= 15 is 0 Å². The summed E-state index contributed by atoms with van der Waals surface area (Å²) in [4.78, 5) is 14.0. The first-order chi connectivity index (χ1) is 12.7. The standard InChI is InChI=1S/C19H22N6O.ClH/c1-3-20-13-16-11-7-8-12-17(16)21-19(26)14(2)25-23-18(22-24-25)15-9-5-4-6-10-15;/h4-12,14,20H,3,13H2,1-2H3,(H,21,26);1H. The molecular formula is C19H23ClN6O. The van der Waals surface area contributed by atoms with E-state index in [0.29, 0.717) is 12.4 Å². The normalized spacial score (nSPS) is 11.5. The minimum atomic E-state index is -0.577. The summed E-state index contributed by atoms with van der Waals surface area (Å²) in [5.74, 6) is 0.309. The number of nitrogens with one attached hydrogen (secondary N) is 2. The van der Waals surface area contributed by atoms with Gasteiger partial charge in [-0.3, -0.25) is 4.79 Å². The van der Waals surface area contributed by atoms with Crippen LogP contribution in [0.15, 0.2) is 54.6 Å². The van der Waals surface area contributed by atoms with Crippen molar-refractivity contribution < 1.29 is 4.79 Å². The molecule has 3 aromatic rings. The molecule has 7 nitrogen and oxygen atoms in total. The van der Waals surface area contributed by atoms with Crippen LogP contribution in [0.4, 0.5) is 5.69 Å². The van der Waals surface area contributed by atoms with E-state index in [1.54, 1.807) is 6.92 Å². The first-order valence-corrected chi connectivity index (χ1v) is 8.63. The number of carbonyl (C=O) groups excluding carboxylic acids is 1. The zero-order chi connectivity index (χ0) is 18.4. The Labute approximate surface area is 164 Å². The minimum Gasteiger partial charge on any atom is -0.324 e. The summed E-state index contributed by atoms with van der Waals surface area (Å²) in [5.41, 5.74) is 2.68. The van der Waals surface area contributed by atoms with E-state index in [1.165, 1.54) is 4.80 Å². The number of para-hydroxylation sites is 1. The number of nitrogens with zero attached hydrogens (tertiary/aromatic N) is 4. The Morgan fingerprint density at radius 3 is 2.56 bits per heavy atom. The van der Waals surface area contributed by atoms with Crippen molar-refractivity contribution in [1.29, 1.82) is 0 Å². The molecule has 1 atom stereocenters. The second-order valence-electron chi connectivity index (χ2n) is 5.90. The summed E-state index contributed by atoms with van der Waals surface area (Å²) in [7, 11) is 0. The van der Waals surface area contributed by atoms with E-state index in [9.17, 15) is 4.79 Å². The molecule has 0 saturated heterocycles. The second-order valence-corrected chi connectivity index (χ2v) is 5.90. The van der Waals surface area contributed by atoms with Gasteiger partial charge in [0.15, 0.2) is 0 Å². The van der Waals surface area contributed by atoms with Gasteiger partial charge in [0, 0.05) is 17.8 Å².